The molecule has 0 radical (unpaired) electrons. The third kappa shape index (κ3) is 2.51. The zero-order valence-corrected chi connectivity index (χ0v) is 11.7. The number of fused-ring (bicyclic) bond motifs is 1. The second-order valence-corrected chi connectivity index (χ2v) is 5.42. The summed E-state index contributed by atoms with van der Waals surface area (Å²) in [5.41, 5.74) is 3.51. The molecule has 1 saturated heterocycles. The molecular weight excluding hydrogens is 236 g/mol. The van der Waals surface area contributed by atoms with Crippen LogP contribution in [0.25, 0.3) is 11.0 Å². The summed E-state index contributed by atoms with van der Waals surface area (Å²) in [6.45, 7) is 3.13. The summed E-state index contributed by atoms with van der Waals surface area (Å²) in [7, 11) is 2.04. The lowest BCUT2D eigenvalue weighted by molar-refractivity contribution is 0.326. The number of benzene rings is 1. The Morgan fingerprint density at radius 3 is 3.00 bits per heavy atom. The van der Waals surface area contributed by atoms with Gasteiger partial charge in [0, 0.05) is 12.1 Å². The van der Waals surface area contributed by atoms with Crippen LogP contribution in [0.5, 0.6) is 0 Å². The lowest BCUT2D eigenvalue weighted by Crippen LogP contribution is -2.43. The Balaban J connectivity index is 1.91. The summed E-state index contributed by atoms with van der Waals surface area (Å²) in [5.74, 6) is 0.976. The van der Waals surface area contributed by atoms with Crippen LogP contribution in [0, 0.1) is 6.92 Å². The van der Waals surface area contributed by atoms with Crippen LogP contribution < -0.4 is 10.6 Å². The summed E-state index contributed by atoms with van der Waals surface area (Å²) in [6, 6.07) is 7.43. The van der Waals surface area contributed by atoms with Crippen LogP contribution in [-0.2, 0) is 0 Å². The highest BCUT2D eigenvalue weighted by Gasteiger charge is 2.23. The monoisotopic (exact) mass is 258 g/mol. The Hall–Kier alpha value is -1.39. The van der Waals surface area contributed by atoms with Crippen LogP contribution in [0.1, 0.15) is 36.7 Å². The Morgan fingerprint density at radius 2 is 2.26 bits per heavy atom. The van der Waals surface area contributed by atoms with Crippen molar-refractivity contribution in [3.8, 4) is 0 Å². The van der Waals surface area contributed by atoms with Gasteiger partial charge in [-0.2, -0.15) is 0 Å². The summed E-state index contributed by atoms with van der Waals surface area (Å²) in [4.78, 5) is 7.78. The van der Waals surface area contributed by atoms with Gasteiger partial charge in [-0.3, -0.25) is 0 Å². The minimum Gasteiger partial charge on any atom is -0.342 e. The van der Waals surface area contributed by atoms with Crippen molar-refractivity contribution in [1.29, 1.82) is 0 Å². The van der Waals surface area contributed by atoms with Crippen molar-refractivity contribution in [3.05, 3.63) is 29.6 Å². The Labute approximate surface area is 114 Å². The molecule has 1 aliphatic heterocycles. The van der Waals surface area contributed by atoms with Crippen LogP contribution in [0.4, 0.5) is 0 Å². The molecule has 2 heterocycles. The number of aryl methyl sites for hydroxylation is 1. The molecule has 0 bridgehead atoms. The molecule has 102 valence electrons. The maximum atomic E-state index is 4.46. The smallest absolute Gasteiger partial charge is 0.104 e. The zero-order valence-electron chi connectivity index (χ0n) is 11.7. The number of aromatic amines is 1. The van der Waals surface area contributed by atoms with E-state index in [-0.39, 0.29) is 0 Å². The lowest BCUT2D eigenvalue weighted by Gasteiger charge is -2.31. The molecule has 2 aromatic rings. The number of piperidine rings is 1. The number of nitrogens with zero attached hydrogens (tertiary/aromatic N) is 1. The van der Waals surface area contributed by atoms with E-state index in [4.69, 9.17) is 0 Å². The molecule has 4 heteroatoms. The molecule has 1 aromatic heterocycles. The van der Waals surface area contributed by atoms with Gasteiger partial charge >= 0.3 is 0 Å². The standard InChI is InChI=1S/C15H22N4/c1-10-18-12-7-6-11(9-14(12)19-10)15(16-2)13-5-3-4-8-17-13/h6-7,9,13,15-17H,3-5,8H2,1-2H3,(H,18,19). The van der Waals surface area contributed by atoms with Crippen LogP contribution in [0.3, 0.4) is 0 Å². The number of hydrogen-bond donors (Lipinski definition) is 3. The van der Waals surface area contributed by atoms with Gasteiger partial charge < -0.3 is 15.6 Å². The second-order valence-electron chi connectivity index (χ2n) is 5.42. The topological polar surface area (TPSA) is 52.7 Å². The fourth-order valence-corrected chi connectivity index (χ4v) is 3.11. The first-order chi connectivity index (χ1) is 9.28. The quantitative estimate of drug-likeness (QED) is 0.791. The highest BCUT2D eigenvalue weighted by atomic mass is 15.0. The molecule has 1 aliphatic rings. The van der Waals surface area contributed by atoms with E-state index >= 15 is 0 Å². The Morgan fingerprint density at radius 1 is 1.37 bits per heavy atom. The van der Waals surface area contributed by atoms with Gasteiger partial charge in [-0.25, -0.2) is 4.98 Å². The van der Waals surface area contributed by atoms with Gasteiger partial charge in [0.15, 0.2) is 0 Å². The normalized spacial score (nSPS) is 21.7. The predicted molar refractivity (Wildman–Crippen MR) is 78.3 cm³/mol. The van der Waals surface area contributed by atoms with Gasteiger partial charge in [-0.15, -0.1) is 0 Å². The van der Waals surface area contributed by atoms with Gasteiger partial charge in [-0.05, 0) is 51.1 Å². The molecule has 1 aromatic carbocycles. The molecule has 0 saturated carbocycles. The zero-order chi connectivity index (χ0) is 13.2. The summed E-state index contributed by atoms with van der Waals surface area (Å²) >= 11 is 0. The van der Waals surface area contributed by atoms with E-state index in [1.807, 2.05) is 14.0 Å². The largest absolute Gasteiger partial charge is 0.342 e. The average molecular weight is 258 g/mol. The van der Waals surface area contributed by atoms with Crippen LogP contribution in [0.2, 0.25) is 0 Å². The molecule has 4 nitrogen and oxygen atoms in total. The van der Waals surface area contributed by atoms with Crippen molar-refractivity contribution in [1.82, 2.24) is 20.6 Å². The molecule has 19 heavy (non-hydrogen) atoms. The van der Waals surface area contributed by atoms with Crippen molar-refractivity contribution in [2.24, 2.45) is 0 Å². The Kier molecular flexibility index (Phi) is 3.53. The number of likely N-dealkylation sites (N-methyl/N-ethyl adjacent to an activating group) is 1. The van der Waals surface area contributed by atoms with E-state index < -0.39 is 0 Å². The van der Waals surface area contributed by atoms with Crippen LogP contribution in [0.15, 0.2) is 18.2 Å². The summed E-state index contributed by atoms with van der Waals surface area (Å²) in [6.07, 6.45) is 3.86. The third-order valence-corrected chi connectivity index (χ3v) is 4.05. The van der Waals surface area contributed by atoms with Crippen LogP contribution in [-0.4, -0.2) is 29.6 Å². The SMILES string of the molecule is CNC(c1ccc2nc(C)[nH]c2c1)C1CCCCN1. The van der Waals surface area contributed by atoms with Crippen molar-refractivity contribution in [2.75, 3.05) is 13.6 Å². The highest BCUT2D eigenvalue weighted by molar-refractivity contribution is 5.76. The third-order valence-electron chi connectivity index (χ3n) is 4.05. The molecule has 2 unspecified atom stereocenters. The number of imidazole rings is 1. The number of rotatable bonds is 3. The Bertz CT molecular complexity index is 554. The second kappa shape index (κ2) is 5.31. The van der Waals surface area contributed by atoms with Crippen molar-refractivity contribution >= 4 is 11.0 Å². The van der Waals surface area contributed by atoms with E-state index in [1.165, 1.54) is 24.8 Å². The van der Waals surface area contributed by atoms with Crippen molar-refractivity contribution in [2.45, 2.75) is 38.3 Å². The first kappa shape index (κ1) is 12.6. The predicted octanol–water partition coefficient (Wildman–Crippen LogP) is 2.27. The molecule has 0 amide bonds. The maximum Gasteiger partial charge on any atom is 0.104 e. The minimum absolute atomic E-state index is 0.369. The lowest BCUT2D eigenvalue weighted by atomic mass is 9.92. The fraction of sp³-hybridized carbons (Fsp3) is 0.533. The first-order valence-corrected chi connectivity index (χ1v) is 7.15. The van der Waals surface area contributed by atoms with E-state index in [9.17, 15) is 0 Å². The van der Waals surface area contributed by atoms with Gasteiger partial charge in [-0.1, -0.05) is 12.5 Å². The minimum atomic E-state index is 0.369. The molecule has 2 atom stereocenters. The average Bonchev–Trinajstić information content (AvgIpc) is 2.80. The molecule has 3 rings (SSSR count). The van der Waals surface area contributed by atoms with E-state index in [1.54, 1.807) is 0 Å². The van der Waals surface area contributed by atoms with Crippen molar-refractivity contribution in [3.63, 3.8) is 0 Å². The molecule has 1 fully saturated rings. The van der Waals surface area contributed by atoms with Crippen molar-refractivity contribution < 1.29 is 0 Å². The van der Waals surface area contributed by atoms with Gasteiger partial charge in [0.2, 0.25) is 0 Å². The molecule has 0 aliphatic carbocycles. The van der Waals surface area contributed by atoms with Crippen LogP contribution >= 0.6 is 0 Å². The molecule has 3 N–H and O–H groups in total. The summed E-state index contributed by atoms with van der Waals surface area (Å²) < 4.78 is 0. The highest BCUT2D eigenvalue weighted by Crippen LogP contribution is 2.25. The number of H-pyrrole nitrogens is 1. The van der Waals surface area contributed by atoms with Gasteiger partial charge in [0.25, 0.3) is 0 Å². The molecular formula is C15H22N4. The maximum absolute atomic E-state index is 4.46. The number of aromatic nitrogens is 2. The number of hydrogen-bond acceptors (Lipinski definition) is 3. The molecule has 0 spiro atoms. The fourth-order valence-electron chi connectivity index (χ4n) is 3.11. The first-order valence-electron chi connectivity index (χ1n) is 7.15. The van der Waals surface area contributed by atoms with Gasteiger partial charge in [0.05, 0.1) is 11.0 Å². The summed E-state index contributed by atoms with van der Waals surface area (Å²) in [5, 5.41) is 7.10. The van der Waals surface area contributed by atoms with E-state index in [0.29, 0.717) is 12.1 Å². The van der Waals surface area contributed by atoms with E-state index in [0.717, 1.165) is 23.4 Å². The number of nitrogens with one attached hydrogen (secondary N) is 3. The van der Waals surface area contributed by atoms with Gasteiger partial charge in [0.1, 0.15) is 5.82 Å². The van der Waals surface area contributed by atoms with E-state index in [2.05, 4.69) is 38.8 Å².